The average Bonchev–Trinajstić information content (AvgIpc) is 2.55. The summed E-state index contributed by atoms with van der Waals surface area (Å²) in [6.45, 7) is 4.80. The first-order chi connectivity index (χ1) is 11.5. The molecule has 5 heteroatoms. The van der Waals surface area contributed by atoms with Gasteiger partial charge in [0, 0.05) is 19.1 Å². The zero-order valence-electron chi connectivity index (χ0n) is 15.3. The number of carbonyl (C=O) groups excluding carboxylic acids is 1. The highest BCUT2D eigenvalue weighted by molar-refractivity contribution is 5.76. The molecule has 2 saturated carbocycles. The van der Waals surface area contributed by atoms with Gasteiger partial charge in [0.2, 0.25) is 5.91 Å². The summed E-state index contributed by atoms with van der Waals surface area (Å²) in [5, 5.41) is 3.02. The van der Waals surface area contributed by atoms with Crippen molar-refractivity contribution in [3.8, 4) is 0 Å². The van der Waals surface area contributed by atoms with Gasteiger partial charge >= 0.3 is 0 Å². The van der Waals surface area contributed by atoms with E-state index in [0.29, 0.717) is 44.2 Å². The number of halogens is 1. The second-order valence-corrected chi connectivity index (χ2v) is 7.57. The normalized spacial score (nSPS) is 31.2. The second-order valence-electron chi connectivity index (χ2n) is 7.57. The molecule has 0 aromatic heterocycles. The molecule has 24 heavy (non-hydrogen) atoms. The molecule has 0 radical (unpaired) electrons. The minimum Gasteiger partial charge on any atom is -0.378 e. The van der Waals surface area contributed by atoms with Gasteiger partial charge in [-0.3, -0.25) is 4.79 Å². The average molecular weight is 343 g/mol. The smallest absolute Gasteiger partial charge is 0.220 e. The molecule has 0 aromatic rings. The second kappa shape index (κ2) is 10.3. The molecule has 0 unspecified atom stereocenters. The highest BCUT2D eigenvalue weighted by Crippen LogP contribution is 2.24. The molecular formula is C19H34FNO3. The van der Waals surface area contributed by atoms with Crippen molar-refractivity contribution in [1.82, 2.24) is 5.32 Å². The summed E-state index contributed by atoms with van der Waals surface area (Å²) in [5.74, 6) is 0.0787. The third-order valence-corrected chi connectivity index (χ3v) is 5.01. The molecule has 2 aliphatic carbocycles. The van der Waals surface area contributed by atoms with Crippen LogP contribution in [0.3, 0.4) is 0 Å². The summed E-state index contributed by atoms with van der Waals surface area (Å²) < 4.78 is 24.8. The number of hydrogen-bond acceptors (Lipinski definition) is 3. The maximum absolute atomic E-state index is 13.1. The van der Waals surface area contributed by atoms with Gasteiger partial charge in [0.1, 0.15) is 6.17 Å². The molecule has 2 rings (SSSR count). The fourth-order valence-corrected chi connectivity index (χ4v) is 3.70. The summed E-state index contributed by atoms with van der Waals surface area (Å²) in [4.78, 5) is 11.9. The molecule has 0 aliphatic heterocycles. The predicted molar refractivity (Wildman–Crippen MR) is 92.7 cm³/mol. The van der Waals surface area contributed by atoms with Gasteiger partial charge in [0.15, 0.2) is 0 Å². The van der Waals surface area contributed by atoms with Crippen molar-refractivity contribution in [1.29, 1.82) is 0 Å². The Morgan fingerprint density at radius 3 is 2.29 bits per heavy atom. The van der Waals surface area contributed by atoms with E-state index in [1.165, 1.54) is 0 Å². The van der Waals surface area contributed by atoms with Crippen molar-refractivity contribution in [2.24, 2.45) is 0 Å². The van der Waals surface area contributed by atoms with Crippen molar-refractivity contribution in [2.45, 2.75) is 109 Å². The van der Waals surface area contributed by atoms with E-state index in [1.807, 2.05) is 0 Å². The van der Waals surface area contributed by atoms with Crippen molar-refractivity contribution < 1.29 is 18.7 Å². The Morgan fingerprint density at radius 2 is 1.67 bits per heavy atom. The Labute approximate surface area is 145 Å². The Kier molecular flexibility index (Phi) is 8.46. The Bertz CT molecular complexity index is 362. The number of nitrogens with one attached hydrogen (secondary N) is 1. The number of hydrogen-bond donors (Lipinski definition) is 1. The lowest BCUT2D eigenvalue weighted by atomic mass is 9.94. The van der Waals surface area contributed by atoms with Gasteiger partial charge in [-0.15, -0.1) is 0 Å². The fourth-order valence-electron chi connectivity index (χ4n) is 3.70. The monoisotopic (exact) mass is 343 g/mol. The molecule has 0 aromatic carbocycles. The minimum absolute atomic E-state index is 0.0787. The number of alkyl halides is 1. The topological polar surface area (TPSA) is 47.6 Å². The van der Waals surface area contributed by atoms with E-state index in [1.54, 1.807) is 0 Å². The maximum atomic E-state index is 13.1. The van der Waals surface area contributed by atoms with E-state index in [2.05, 4.69) is 19.2 Å². The van der Waals surface area contributed by atoms with Crippen molar-refractivity contribution in [3.05, 3.63) is 0 Å². The molecule has 1 N–H and O–H groups in total. The first kappa shape index (κ1) is 19.6. The van der Waals surface area contributed by atoms with E-state index in [4.69, 9.17) is 9.47 Å². The molecule has 1 amide bonds. The van der Waals surface area contributed by atoms with E-state index in [0.717, 1.165) is 44.9 Å². The fraction of sp³-hybridized carbons (Fsp3) is 0.947. The Morgan fingerprint density at radius 1 is 1.04 bits per heavy atom. The lowest BCUT2D eigenvalue weighted by molar-refractivity contribution is -0.122. The van der Waals surface area contributed by atoms with E-state index >= 15 is 0 Å². The van der Waals surface area contributed by atoms with Crippen molar-refractivity contribution >= 4 is 5.91 Å². The van der Waals surface area contributed by atoms with Crippen LogP contribution in [0.2, 0.25) is 0 Å². The van der Waals surface area contributed by atoms with Crippen LogP contribution in [-0.4, -0.2) is 43.0 Å². The van der Waals surface area contributed by atoms with Crippen LogP contribution >= 0.6 is 0 Å². The molecule has 0 bridgehead atoms. The number of rotatable bonds is 8. The van der Waals surface area contributed by atoms with Gasteiger partial charge < -0.3 is 14.8 Å². The largest absolute Gasteiger partial charge is 0.378 e. The summed E-state index contributed by atoms with van der Waals surface area (Å²) in [7, 11) is 0. The Balaban J connectivity index is 1.48. The highest BCUT2D eigenvalue weighted by atomic mass is 19.1. The lowest BCUT2D eigenvalue weighted by Gasteiger charge is -2.29. The Hall–Kier alpha value is -0.680. The molecule has 0 heterocycles. The first-order valence-electron chi connectivity index (χ1n) is 9.73. The van der Waals surface area contributed by atoms with E-state index < -0.39 is 6.17 Å². The molecule has 4 nitrogen and oxygen atoms in total. The number of ether oxygens (including phenoxy) is 2. The summed E-state index contributed by atoms with van der Waals surface area (Å²) in [6.07, 6.45) is 8.53. The van der Waals surface area contributed by atoms with Crippen molar-refractivity contribution in [2.75, 3.05) is 6.61 Å². The molecule has 0 spiro atoms. The molecule has 140 valence electrons. The van der Waals surface area contributed by atoms with Gasteiger partial charge in [0.05, 0.1) is 18.3 Å². The minimum atomic E-state index is -0.674. The van der Waals surface area contributed by atoms with Gasteiger partial charge in [-0.25, -0.2) is 4.39 Å². The molecule has 2 fully saturated rings. The van der Waals surface area contributed by atoms with Crippen LogP contribution in [0, 0.1) is 0 Å². The quantitative estimate of drug-likeness (QED) is 0.680. The number of carbonyl (C=O) groups is 1. The molecule has 2 aliphatic rings. The van der Waals surface area contributed by atoms with E-state index in [9.17, 15) is 9.18 Å². The van der Waals surface area contributed by atoms with Crippen LogP contribution in [0.5, 0.6) is 0 Å². The van der Waals surface area contributed by atoms with Crippen LogP contribution in [0.1, 0.15) is 78.1 Å². The third kappa shape index (κ3) is 7.47. The van der Waals surface area contributed by atoms with Gasteiger partial charge in [0.25, 0.3) is 0 Å². The molecular weight excluding hydrogens is 309 g/mol. The highest BCUT2D eigenvalue weighted by Gasteiger charge is 2.23. The molecule has 0 saturated heterocycles. The van der Waals surface area contributed by atoms with Crippen LogP contribution in [0.4, 0.5) is 4.39 Å². The van der Waals surface area contributed by atoms with Crippen LogP contribution in [0.15, 0.2) is 0 Å². The van der Waals surface area contributed by atoms with Crippen LogP contribution in [0.25, 0.3) is 0 Å². The predicted octanol–water partition coefficient (Wildman–Crippen LogP) is 3.92. The van der Waals surface area contributed by atoms with Gasteiger partial charge in [-0.2, -0.15) is 0 Å². The SMILES string of the molecule is CC(C)OC1CCC(OCCCC(=O)NC2CCC(F)CC2)CC1. The zero-order valence-corrected chi connectivity index (χ0v) is 15.3. The summed E-state index contributed by atoms with van der Waals surface area (Å²) >= 11 is 0. The van der Waals surface area contributed by atoms with Gasteiger partial charge in [-0.1, -0.05) is 0 Å². The standard InChI is InChI=1S/C19H34FNO3/c1-14(2)24-18-11-9-17(10-12-18)23-13-3-4-19(22)21-16-7-5-15(20)6-8-16/h14-18H,3-13H2,1-2H3,(H,21,22). The summed E-state index contributed by atoms with van der Waals surface area (Å²) in [5.41, 5.74) is 0. The third-order valence-electron chi connectivity index (χ3n) is 5.01. The van der Waals surface area contributed by atoms with Gasteiger partial charge in [-0.05, 0) is 71.6 Å². The van der Waals surface area contributed by atoms with Crippen molar-refractivity contribution in [3.63, 3.8) is 0 Å². The zero-order chi connectivity index (χ0) is 17.4. The maximum Gasteiger partial charge on any atom is 0.220 e. The van der Waals surface area contributed by atoms with E-state index in [-0.39, 0.29) is 11.9 Å². The van der Waals surface area contributed by atoms with Crippen LogP contribution in [-0.2, 0) is 14.3 Å². The lowest BCUT2D eigenvalue weighted by Crippen LogP contribution is -2.38. The number of amides is 1. The first-order valence-corrected chi connectivity index (χ1v) is 9.73. The molecule has 0 atom stereocenters. The van der Waals surface area contributed by atoms with Crippen LogP contribution < -0.4 is 5.32 Å². The summed E-state index contributed by atoms with van der Waals surface area (Å²) in [6, 6.07) is 0.168.